The summed E-state index contributed by atoms with van der Waals surface area (Å²) in [6.07, 6.45) is 0.0954. The molecule has 0 aliphatic carbocycles. The van der Waals surface area contributed by atoms with Gasteiger partial charge in [0.1, 0.15) is 11.6 Å². The molecule has 1 N–H and O–H groups in total. The van der Waals surface area contributed by atoms with Gasteiger partial charge in [-0.25, -0.2) is 0 Å². The van der Waals surface area contributed by atoms with Crippen molar-refractivity contribution < 1.29 is 4.74 Å². The largest absolute Gasteiger partial charge is 0.489 e. The Hall–Kier alpha value is -1.81. The van der Waals surface area contributed by atoms with E-state index < -0.39 is 0 Å². The monoisotopic (exact) mass is 277 g/mol. The Morgan fingerprint density at radius 3 is 2.47 bits per heavy atom. The molecule has 0 bridgehead atoms. The molecule has 0 radical (unpaired) electrons. The molecule has 0 saturated heterocycles. The number of ether oxygens (including phenoxy) is 1. The van der Waals surface area contributed by atoms with Crippen LogP contribution in [0, 0.1) is 0 Å². The number of hydrogen-bond acceptors (Lipinski definition) is 4. The third kappa shape index (κ3) is 3.35. The predicted molar refractivity (Wildman–Crippen MR) is 77.8 cm³/mol. The molecule has 0 aliphatic heterocycles. The van der Waals surface area contributed by atoms with Gasteiger partial charge in [-0.15, -0.1) is 10.2 Å². The zero-order chi connectivity index (χ0) is 13.8. The molecule has 0 unspecified atom stereocenters. The molecule has 0 spiro atoms. The van der Waals surface area contributed by atoms with Gasteiger partial charge < -0.3 is 10.1 Å². The lowest BCUT2D eigenvalue weighted by Gasteiger charge is -2.12. The second-order valence-corrected chi connectivity index (χ2v) is 4.77. The number of hydrogen-bond donors (Lipinski definition) is 1. The molecule has 100 valence electrons. The minimum atomic E-state index is 0.0954. The molecule has 1 aromatic heterocycles. The Bertz CT molecular complexity index is 555. The van der Waals surface area contributed by atoms with Crippen LogP contribution in [0.5, 0.6) is 5.75 Å². The maximum atomic E-state index is 6.20. The molecule has 0 fully saturated rings. The Morgan fingerprint density at radius 1 is 1.16 bits per heavy atom. The van der Waals surface area contributed by atoms with Crippen LogP contribution >= 0.6 is 11.6 Å². The molecule has 0 atom stereocenters. The van der Waals surface area contributed by atoms with E-state index in [1.807, 2.05) is 44.2 Å². The molecule has 4 nitrogen and oxygen atoms in total. The van der Waals surface area contributed by atoms with Gasteiger partial charge in [0.05, 0.1) is 16.8 Å². The highest BCUT2D eigenvalue weighted by molar-refractivity contribution is 6.32. The molecule has 1 aromatic carbocycles. The number of nitrogens with zero attached hydrogens (tertiary/aromatic N) is 2. The first kappa shape index (κ1) is 13.6. The molecular weight excluding hydrogens is 262 g/mol. The second kappa shape index (κ2) is 5.89. The van der Waals surface area contributed by atoms with Gasteiger partial charge in [0.25, 0.3) is 0 Å². The van der Waals surface area contributed by atoms with Crippen molar-refractivity contribution in [3.8, 4) is 17.0 Å². The highest BCUT2D eigenvalue weighted by Gasteiger charge is 2.07. The lowest BCUT2D eigenvalue weighted by atomic mass is 10.1. The van der Waals surface area contributed by atoms with Crippen molar-refractivity contribution in [1.82, 2.24) is 10.2 Å². The number of rotatable bonds is 4. The van der Waals surface area contributed by atoms with Crippen molar-refractivity contribution >= 4 is 17.4 Å². The van der Waals surface area contributed by atoms with E-state index in [-0.39, 0.29) is 6.10 Å². The quantitative estimate of drug-likeness (QED) is 0.927. The highest BCUT2D eigenvalue weighted by atomic mass is 35.5. The highest BCUT2D eigenvalue weighted by Crippen LogP contribution is 2.30. The number of benzene rings is 1. The maximum Gasteiger partial charge on any atom is 0.148 e. The summed E-state index contributed by atoms with van der Waals surface area (Å²) in [5, 5.41) is 11.7. The number of halogens is 1. The van der Waals surface area contributed by atoms with Crippen molar-refractivity contribution in [3.05, 3.63) is 35.4 Å². The lowest BCUT2D eigenvalue weighted by molar-refractivity contribution is 0.242. The fourth-order valence-corrected chi connectivity index (χ4v) is 1.85. The van der Waals surface area contributed by atoms with E-state index in [0.29, 0.717) is 10.8 Å². The Labute approximate surface area is 117 Å². The summed E-state index contributed by atoms with van der Waals surface area (Å²) in [6.45, 7) is 3.93. The van der Waals surface area contributed by atoms with E-state index in [1.165, 1.54) is 0 Å². The average Bonchev–Trinajstić information content (AvgIpc) is 2.41. The van der Waals surface area contributed by atoms with E-state index in [1.54, 1.807) is 7.05 Å². The fourth-order valence-electron chi connectivity index (χ4n) is 1.63. The van der Waals surface area contributed by atoms with E-state index >= 15 is 0 Å². The zero-order valence-electron chi connectivity index (χ0n) is 11.1. The van der Waals surface area contributed by atoms with Gasteiger partial charge in [-0.3, -0.25) is 0 Å². The smallest absolute Gasteiger partial charge is 0.148 e. The first-order chi connectivity index (χ1) is 9.10. The van der Waals surface area contributed by atoms with Gasteiger partial charge in [0.15, 0.2) is 0 Å². The second-order valence-electron chi connectivity index (χ2n) is 4.37. The predicted octanol–water partition coefficient (Wildman–Crippen LogP) is 3.63. The van der Waals surface area contributed by atoms with Crippen LogP contribution < -0.4 is 10.1 Å². The summed E-state index contributed by atoms with van der Waals surface area (Å²) in [4.78, 5) is 0. The van der Waals surface area contributed by atoms with Gasteiger partial charge in [-0.05, 0) is 44.2 Å². The molecule has 2 rings (SSSR count). The van der Waals surface area contributed by atoms with Crippen LogP contribution in [-0.2, 0) is 0 Å². The van der Waals surface area contributed by atoms with Crippen molar-refractivity contribution in [3.63, 3.8) is 0 Å². The van der Waals surface area contributed by atoms with Crippen LogP contribution in [0.3, 0.4) is 0 Å². The third-order valence-electron chi connectivity index (χ3n) is 2.51. The first-order valence-corrected chi connectivity index (χ1v) is 6.46. The summed E-state index contributed by atoms with van der Waals surface area (Å²) in [5.74, 6) is 1.41. The molecule has 5 heteroatoms. The van der Waals surface area contributed by atoms with Crippen LogP contribution in [0.1, 0.15) is 13.8 Å². The molecule has 0 aliphatic rings. The third-order valence-corrected chi connectivity index (χ3v) is 2.81. The maximum absolute atomic E-state index is 6.20. The van der Waals surface area contributed by atoms with E-state index in [2.05, 4.69) is 15.5 Å². The summed E-state index contributed by atoms with van der Waals surface area (Å²) < 4.78 is 5.59. The Kier molecular flexibility index (Phi) is 4.22. The molecule has 0 amide bonds. The molecule has 1 heterocycles. The van der Waals surface area contributed by atoms with Gasteiger partial charge >= 0.3 is 0 Å². The van der Waals surface area contributed by atoms with Gasteiger partial charge in [-0.2, -0.15) is 0 Å². The summed E-state index contributed by atoms with van der Waals surface area (Å²) >= 11 is 6.20. The van der Waals surface area contributed by atoms with Crippen LogP contribution in [0.15, 0.2) is 30.3 Å². The summed E-state index contributed by atoms with van der Waals surface area (Å²) in [7, 11) is 1.80. The molecule has 19 heavy (non-hydrogen) atoms. The van der Waals surface area contributed by atoms with Crippen molar-refractivity contribution in [2.24, 2.45) is 0 Å². The number of aromatic nitrogens is 2. The topological polar surface area (TPSA) is 47.0 Å². The lowest BCUT2D eigenvalue weighted by Crippen LogP contribution is -2.05. The standard InChI is InChI=1S/C14H16ClN3O/c1-9(2)19-13-6-4-10(8-11(13)15)12-5-7-14(16-3)18-17-12/h4-9H,1-3H3,(H,16,18). The molecule has 0 saturated carbocycles. The van der Waals surface area contributed by atoms with Crippen molar-refractivity contribution in [2.75, 3.05) is 12.4 Å². The zero-order valence-corrected chi connectivity index (χ0v) is 11.9. The summed E-state index contributed by atoms with van der Waals surface area (Å²) in [6, 6.07) is 9.38. The van der Waals surface area contributed by atoms with E-state index in [0.717, 1.165) is 17.1 Å². The van der Waals surface area contributed by atoms with E-state index in [4.69, 9.17) is 16.3 Å². The van der Waals surface area contributed by atoms with Crippen molar-refractivity contribution in [2.45, 2.75) is 20.0 Å². The normalized spacial score (nSPS) is 10.6. The van der Waals surface area contributed by atoms with E-state index in [9.17, 15) is 0 Å². The fraction of sp³-hybridized carbons (Fsp3) is 0.286. The van der Waals surface area contributed by atoms with Crippen LogP contribution in [0.2, 0.25) is 5.02 Å². The van der Waals surface area contributed by atoms with Gasteiger partial charge in [0.2, 0.25) is 0 Å². The molecular formula is C14H16ClN3O. The Morgan fingerprint density at radius 2 is 1.95 bits per heavy atom. The average molecular weight is 278 g/mol. The first-order valence-electron chi connectivity index (χ1n) is 6.08. The minimum Gasteiger partial charge on any atom is -0.489 e. The van der Waals surface area contributed by atoms with Gasteiger partial charge in [-0.1, -0.05) is 11.6 Å². The number of nitrogens with one attached hydrogen (secondary N) is 1. The molecule has 2 aromatic rings. The number of anilines is 1. The minimum absolute atomic E-state index is 0.0954. The van der Waals surface area contributed by atoms with Crippen LogP contribution in [-0.4, -0.2) is 23.3 Å². The van der Waals surface area contributed by atoms with Crippen LogP contribution in [0.4, 0.5) is 5.82 Å². The van der Waals surface area contributed by atoms with Gasteiger partial charge in [0, 0.05) is 12.6 Å². The Balaban J connectivity index is 2.27. The SMILES string of the molecule is CNc1ccc(-c2ccc(OC(C)C)c(Cl)c2)nn1. The van der Waals surface area contributed by atoms with Crippen molar-refractivity contribution in [1.29, 1.82) is 0 Å². The summed E-state index contributed by atoms with van der Waals surface area (Å²) in [5.41, 5.74) is 1.69. The van der Waals surface area contributed by atoms with Crippen LogP contribution in [0.25, 0.3) is 11.3 Å².